The number of carbonyl (C=O) groups is 1. The van der Waals surface area contributed by atoms with E-state index >= 15 is 0 Å². The van der Waals surface area contributed by atoms with Crippen LogP contribution in [0.5, 0.6) is 0 Å². The largest absolute Gasteiger partial charge is 0.478 e. The predicted molar refractivity (Wildman–Crippen MR) is 69.8 cm³/mol. The van der Waals surface area contributed by atoms with Gasteiger partial charge in [0, 0.05) is 17.9 Å². The summed E-state index contributed by atoms with van der Waals surface area (Å²) in [6.45, 7) is 3.07. The number of nitrogens with two attached hydrogens (primary N) is 1. The zero-order valence-electron chi connectivity index (χ0n) is 10.3. The fraction of sp³-hybridized carbons (Fsp3) is 0.462. The first-order valence-electron chi connectivity index (χ1n) is 6.05. The van der Waals surface area contributed by atoms with Crippen molar-refractivity contribution in [3.63, 3.8) is 0 Å². The summed E-state index contributed by atoms with van der Waals surface area (Å²) in [6.07, 6.45) is 1.02. The first-order chi connectivity index (χ1) is 8.54. The summed E-state index contributed by atoms with van der Waals surface area (Å²) >= 11 is 0. The van der Waals surface area contributed by atoms with Gasteiger partial charge in [0.15, 0.2) is 0 Å². The van der Waals surface area contributed by atoms with E-state index in [1.807, 2.05) is 0 Å². The molecule has 0 spiro atoms. The van der Waals surface area contributed by atoms with Crippen LogP contribution < -0.4 is 10.6 Å². The quantitative estimate of drug-likeness (QED) is 0.701. The molecule has 0 saturated carbocycles. The highest BCUT2D eigenvalue weighted by atomic mass is 16.4. The molecule has 1 aromatic carbocycles. The number of anilines is 2. The first kappa shape index (κ1) is 12.7. The van der Waals surface area contributed by atoms with Gasteiger partial charge >= 0.3 is 5.97 Å². The van der Waals surface area contributed by atoms with Crippen LogP contribution in [0.2, 0.25) is 0 Å². The molecule has 0 bridgehead atoms. The Morgan fingerprint density at radius 3 is 2.83 bits per heavy atom. The fourth-order valence-corrected chi connectivity index (χ4v) is 2.53. The molecule has 1 aliphatic rings. The molecule has 1 heterocycles. The van der Waals surface area contributed by atoms with Crippen molar-refractivity contribution in [2.75, 3.05) is 23.8 Å². The lowest BCUT2D eigenvalue weighted by molar-refractivity contribution is 0.0698. The molecule has 0 aliphatic carbocycles. The molecule has 1 aliphatic heterocycles. The van der Waals surface area contributed by atoms with Crippen molar-refractivity contribution in [3.8, 4) is 0 Å². The fourth-order valence-electron chi connectivity index (χ4n) is 2.53. The minimum absolute atomic E-state index is 0.0834. The highest BCUT2D eigenvalue weighted by Gasteiger charge is 2.30. The third-order valence-electron chi connectivity index (χ3n) is 3.67. The van der Waals surface area contributed by atoms with Crippen LogP contribution in [0.1, 0.15) is 23.7 Å². The second-order valence-electron chi connectivity index (χ2n) is 4.79. The van der Waals surface area contributed by atoms with Crippen molar-refractivity contribution in [2.24, 2.45) is 5.92 Å². The molecule has 4 N–H and O–H groups in total. The highest BCUT2D eigenvalue weighted by molar-refractivity contribution is 5.94. The Kier molecular flexibility index (Phi) is 3.43. The summed E-state index contributed by atoms with van der Waals surface area (Å²) in [5, 5.41) is 18.3. The number of hydrogen-bond acceptors (Lipinski definition) is 4. The zero-order valence-corrected chi connectivity index (χ0v) is 10.3. The molecule has 5 heteroatoms. The van der Waals surface area contributed by atoms with Gasteiger partial charge in [0.2, 0.25) is 0 Å². The van der Waals surface area contributed by atoms with Gasteiger partial charge in [-0.3, -0.25) is 0 Å². The average molecular weight is 250 g/mol. The SMILES string of the molecule is CC1CCN(c2ccc(C(=O)O)c(N)c2)C1CO. The Morgan fingerprint density at radius 2 is 2.28 bits per heavy atom. The van der Waals surface area contributed by atoms with E-state index in [0.717, 1.165) is 18.7 Å². The molecule has 2 atom stereocenters. The van der Waals surface area contributed by atoms with E-state index in [9.17, 15) is 9.90 Å². The minimum atomic E-state index is -1.02. The van der Waals surface area contributed by atoms with Gasteiger partial charge in [0.05, 0.1) is 18.2 Å². The molecule has 98 valence electrons. The predicted octanol–water partition coefficient (Wildman–Crippen LogP) is 1.17. The van der Waals surface area contributed by atoms with E-state index in [0.29, 0.717) is 5.92 Å². The maximum Gasteiger partial charge on any atom is 0.337 e. The zero-order chi connectivity index (χ0) is 13.3. The van der Waals surface area contributed by atoms with Gasteiger partial charge in [-0.2, -0.15) is 0 Å². The third-order valence-corrected chi connectivity index (χ3v) is 3.67. The summed E-state index contributed by atoms with van der Waals surface area (Å²) in [7, 11) is 0. The van der Waals surface area contributed by atoms with E-state index < -0.39 is 5.97 Å². The number of aromatic carboxylic acids is 1. The Morgan fingerprint density at radius 1 is 1.56 bits per heavy atom. The Balaban J connectivity index is 2.29. The summed E-state index contributed by atoms with van der Waals surface area (Å²) in [5.74, 6) is -0.595. The van der Waals surface area contributed by atoms with Crippen molar-refractivity contribution in [1.82, 2.24) is 0 Å². The summed E-state index contributed by atoms with van der Waals surface area (Å²) in [6, 6.07) is 5.02. The van der Waals surface area contributed by atoms with Gasteiger partial charge in [0.1, 0.15) is 0 Å². The number of nitrogen functional groups attached to an aromatic ring is 1. The number of aliphatic hydroxyl groups excluding tert-OH is 1. The molecule has 18 heavy (non-hydrogen) atoms. The lowest BCUT2D eigenvalue weighted by atomic mass is 10.0. The standard InChI is InChI=1S/C13H18N2O3/c1-8-4-5-15(12(8)7-16)9-2-3-10(13(17)18)11(14)6-9/h2-3,6,8,12,16H,4-5,7,14H2,1H3,(H,17,18). The van der Waals surface area contributed by atoms with Crippen LogP contribution in [0.3, 0.4) is 0 Å². The molecule has 2 rings (SSSR count). The normalized spacial score (nSPS) is 23.3. The summed E-state index contributed by atoms with van der Waals surface area (Å²) < 4.78 is 0. The minimum Gasteiger partial charge on any atom is -0.478 e. The van der Waals surface area contributed by atoms with Gasteiger partial charge in [-0.25, -0.2) is 4.79 Å². The molecule has 1 fully saturated rings. The van der Waals surface area contributed by atoms with Crippen molar-refractivity contribution >= 4 is 17.3 Å². The van der Waals surface area contributed by atoms with Crippen molar-refractivity contribution in [1.29, 1.82) is 0 Å². The van der Waals surface area contributed by atoms with Crippen molar-refractivity contribution in [2.45, 2.75) is 19.4 Å². The van der Waals surface area contributed by atoms with Crippen molar-refractivity contribution in [3.05, 3.63) is 23.8 Å². The summed E-state index contributed by atoms with van der Waals surface area (Å²) in [4.78, 5) is 13.0. The van der Waals surface area contributed by atoms with Gasteiger partial charge < -0.3 is 20.8 Å². The maximum absolute atomic E-state index is 10.9. The average Bonchev–Trinajstić information content (AvgIpc) is 2.69. The smallest absolute Gasteiger partial charge is 0.337 e. The molecule has 1 aromatic rings. The van der Waals surface area contributed by atoms with Gasteiger partial charge in [-0.15, -0.1) is 0 Å². The number of hydrogen-bond donors (Lipinski definition) is 3. The number of rotatable bonds is 3. The Labute approximate surface area is 106 Å². The molecule has 0 radical (unpaired) electrons. The number of benzene rings is 1. The second kappa shape index (κ2) is 4.86. The first-order valence-corrected chi connectivity index (χ1v) is 6.05. The lowest BCUT2D eigenvalue weighted by Gasteiger charge is -2.27. The van der Waals surface area contributed by atoms with Crippen LogP contribution in [0, 0.1) is 5.92 Å². The molecule has 0 amide bonds. The number of aliphatic hydroxyl groups is 1. The van der Waals surface area contributed by atoms with Crippen LogP contribution in [0.4, 0.5) is 11.4 Å². The third kappa shape index (κ3) is 2.13. The van der Waals surface area contributed by atoms with Gasteiger partial charge in [-0.1, -0.05) is 6.92 Å². The van der Waals surface area contributed by atoms with Gasteiger partial charge in [0.25, 0.3) is 0 Å². The van der Waals surface area contributed by atoms with E-state index in [1.54, 1.807) is 12.1 Å². The van der Waals surface area contributed by atoms with Crippen molar-refractivity contribution < 1.29 is 15.0 Å². The van der Waals surface area contributed by atoms with Crippen LogP contribution in [0.25, 0.3) is 0 Å². The number of carboxylic acid groups (broad SMARTS) is 1. The highest BCUT2D eigenvalue weighted by Crippen LogP contribution is 2.31. The molecule has 1 saturated heterocycles. The van der Waals surface area contributed by atoms with E-state index in [4.69, 9.17) is 10.8 Å². The van der Waals surface area contributed by atoms with Crippen LogP contribution in [0.15, 0.2) is 18.2 Å². The molecule has 2 unspecified atom stereocenters. The lowest BCUT2D eigenvalue weighted by Crippen LogP contribution is -2.35. The van der Waals surface area contributed by atoms with Crippen LogP contribution in [-0.2, 0) is 0 Å². The Hall–Kier alpha value is -1.75. The number of nitrogens with zero attached hydrogens (tertiary/aromatic N) is 1. The Bertz CT molecular complexity index is 462. The summed E-state index contributed by atoms with van der Waals surface area (Å²) in [5.41, 5.74) is 6.99. The molecule has 5 nitrogen and oxygen atoms in total. The van der Waals surface area contributed by atoms with E-state index in [-0.39, 0.29) is 23.9 Å². The molecular weight excluding hydrogens is 232 g/mol. The second-order valence-corrected chi connectivity index (χ2v) is 4.79. The van der Waals surface area contributed by atoms with E-state index in [1.165, 1.54) is 6.07 Å². The molecule has 0 aromatic heterocycles. The van der Waals surface area contributed by atoms with Gasteiger partial charge in [-0.05, 0) is 30.5 Å². The monoisotopic (exact) mass is 250 g/mol. The van der Waals surface area contributed by atoms with E-state index in [2.05, 4.69) is 11.8 Å². The topological polar surface area (TPSA) is 86.8 Å². The van der Waals surface area contributed by atoms with Crippen LogP contribution >= 0.6 is 0 Å². The maximum atomic E-state index is 10.9. The molecular formula is C13H18N2O3. The van der Waals surface area contributed by atoms with Crippen LogP contribution in [-0.4, -0.2) is 35.4 Å². The number of carboxylic acids is 1.